The summed E-state index contributed by atoms with van der Waals surface area (Å²) in [4.78, 5) is 14.3. The molecule has 6 heteroatoms. The lowest BCUT2D eigenvalue weighted by Crippen LogP contribution is -2.12. The molecule has 0 saturated carbocycles. The number of hydrogen-bond acceptors (Lipinski definition) is 4. The largest absolute Gasteiger partial charge is 0.477 e. The molecule has 1 aromatic rings. The molecule has 0 saturated heterocycles. The molecule has 1 rings (SSSR count). The molecule has 1 aromatic heterocycles. The summed E-state index contributed by atoms with van der Waals surface area (Å²) < 4.78 is 11.1. The molecule has 0 spiro atoms. The average molecular weight is 242 g/mol. The van der Waals surface area contributed by atoms with Crippen molar-refractivity contribution in [3.63, 3.8) is 0 Å². The number of carboxylic acids is 1. The fourth-order valence-corrected chi connectivity index (χ4v) is 1.70. The highest BCUT2D eigenvalue weighted by molar-refractivity contribution is 7.84. The smallest absolute Gasteiger partial charge is 0.354 e. The van der Waals surface area contributed by atoms with Crippen molar-refractivity contribution in [2.24, 2.45) is 0 Å². The van der Waals surface area contributed by atoms with E-state index in [1.165, 1.54) is 12.3 Å². The molecule has 0 aliphatic heterocycles. The Hall–Kier alpha value is -1.43. The Morgan fingerprint density at radius 1 is 1.56 bits per heavy atom. The van der Waals surface area contributed by atoms with Crippen molar-refractivity contribution in [1.82, 2.24) is 4.98 Å². The number of pyridine rings is 1. The molecule has 1 atom stereocenters. The molecular weight excluding hydrogens is 228 g/mol. The first-order valence-electron chi connectivity index (χ1n) is 4.91. The molecule has 5 nitrogen and oxygen atoms in total. The Kier molecular flexibility index (Phi) is 4.91. The Morgan fingerprint density at radius 2 is 2.31 bits per heavy atom. The number of rotatable bonds is 6. The number of carboxylic acid groups (broad SMARTS) is 1. The quantitative estimate of drug-likeness (QED) is 0.776. The highest BCUT2D eigenvalue weighted by Gasteiger charge is 2.03. The predicted molar refractivity (Wildman–Crippen MR) is 63.2 cm³/mol. The van der Waals surface area contributed by atoms with E-state index in [1.807, 2.05) is 6.92 Å². The highest BCUT2D eigenvalue weighted by Crippen LogP contribution is 2.05. The van der Waals surface area contributed by atoms with Crippen LogP contribution in [0.4, 0.5) is 5.69 Å². The van der Waals surface area contributed by atoms with Crippen LogP contribution in [0.1, 0.15) is 17.4 Å². The minimum absolute atomic E-state index is 0.0164. The van der Waals surface area contributed by atoms with Crippen LogP contribution in [0.15, 0.2) is 18.3 Å². The van der Waals surface area contributed by atoms with Gasteiger partial charge in [-0.3, -0.25) is 4.21 Å². The predicted octanol–water partition coefficient (Wildman–Crippen LogP) is 0.960. The summed E-state index contributed by atoms with van der Waals surface area (Å²) in [6.45, 7) is 2.47. The number of aromatic nitrogens is 1. The standard InChI is InChI=1S/C10H14N2O3S/c1-2-16(15)6-5-11-8-3-4-9(10(13)14)12-7-8/h3-4,7,11H,2,5-6H2,1H3,(H,13,14). The van der Waals surface area contributed by atoms with Gasteiger partial charge in [-0.05, 0) is 12.1 Å². The second kappa shape index (κ2) is 6.22. The summed E-state index contributed by atoms with van der Waals surface area (Å²) >= 11 is 0. The van der Waals surface area contributed by atoms with Crippen LogP contribution >= 0.6 is 0 Å². The van der Waals surface area contributed by atoms with Gasteiger partial charge in [-0.2, -0.15) is 0 Å². The van der Waals surface area contributed by atoms with Gasteiger partial charge in [0.1, 0.15) is 5.69 Å². The van der Waals surface area contributed by atoms with Crippen molar-refractivity contribution in [3.05, 3.63) is 24.0 Å². The first kappa shape index (κ1) is 12.6. The normalized spacial score (nSPS) is 12.1. The van der Waals surface area contributed by atoms with Crippen molar-refractivity contribution >= 4 is 22.5 Å². The maximum Gasteiger partial charge on any atom is 0.354 e. The van der Waals surface area contributed by atoms with Gasteiger partial charge >= 0.3 is 5.97 Å². The van der Waals surface area contributed by atoms with Crippen LogP contribution in [-0.2, 0) is 10.8 Å². The van der Waals surface area contributed by atoms with Gasteiger partial charge in [0, 0.05) is 28.9 Å². The number of hydrogen-bond donors (Lipinski definition) is 2. The van der Waals surface area contributed by atoms with E-state index in [2.05, 4.69) is 10.3 Å². The van der Waals surface area contributed by atoms with Crippen LogP contribution in [0.5, 0.6) is 0 Å². The number of anilines is 1. The number of carbonyl (C=O) groups is 1. The fourth-order valence-electron chi connectivity index (χ4n) is 1.08. The van der Waals surface area contributed by atoms with E-state index in [0.29, 0.717) is 18.1 Å². The van der Waals surface area contributed by atoms with Crippen LogP contribution in [0.25, 0.3) is 0 Å². The van der Waals surface area contributed by atoms with Crippen LogP contribution in [-0.4, -0.2) is 38.3 Å². The molecule has 0 amide bonds. The van der Waals surface area contributed by atoms with Gasteiger partial charge in [-0.1, -0.05) is 6.92 Å². The molecule has 1 heterocycles. The first-order chi connectivity index (χ1) is 7.63. The van der Waals surface area contributed by atoms with E-state index in [1.54, 1.807) is 6.07 Å². The van der Waals surface area contributed by atoms with Crippen molar-refractivity contribution in [2.75, 3.05) is 23.4 Å². The summed E-state index contributed by atoms with van der Waals surface area (Å²) in [6, 6.07) is 3.08. The Morgan fingerprint density at radius 3 is 2.81 bits per heavy atom. The van der Waals surface area contributed by atoms with Gasteiger partial charge in [0.2, 0.25) is 0 Å². The lowest BCUT2D eigenvalue weighted by atomic mass is 10.3. The minimum atomic E-state index is -1.04. The van der Waals surface area contributed by atoms with Crippen molar-refractivity contribution in [3.8, 4) is 0 Å². The molecule has 2 N–H and O–H groups in total. The zero-order valence-electron chi connectivity index (χ0n) is 8.97. The van der Waals surface area contributed by atoms with E-state index in [0.717, 1.165) is 5.69 Å². The lowest BCUT2D eigenvalue weighted by molar-refractivity contribution is 0.0690. The van der Waals surface area contributed by atoms with Crippen molar-refractivity contribution in [1.29, 1.82) is 0 Å². The monoisotopic (exact) mass is 242 g/mol. The molecule has 0 aromatic carbocycles. The average Bonchev–Trinajstić information content (AvgIpc) is 2.29. The van der Waals surface area contributed by atoms with Crippen LogP contribution in [0.3, 0.4) is 0 Å². The summed E-state index contributed by atoms with van der Waals surface area (Å²) in [5, 5.41) is 11.7. The number of nitrogens with zero attached hydrogens (tertiary/aromatic N) is 1. The first-order valence-corrected chi connectivity index (χ1v) is 6.40. The van der Waals surface area contributed by atoms with E-state index in [4.69, 9.17) is 5.11 Å². The van der Waals surface area contributed by atoms with Gasteiger partial charge in [0.15, 0.2) is 0 Å². The Balaban J connectivity index is 2.43. The molecule has 0 aliphatic rings. The molecule has 16 heavy (non-hydrogen) atoms. The van der Waals surface area contributed by atoms with Gasteiger partial charge in [0.25, 0.3) is 0 Å². The summed E-state index contributed by atoms with van der Waals surface area (Å²) in [5.74, 6) is 0.188. The van der Waals surface area contributed by atoms with Gasteiger partial charge < -0.3 is 10.4 Å². The molecule has 1 unspecified atom stereocenters. The fraction of sp³-hybridized carbons (Fsp3) is 0.400. The molecular formula is C10H14N2O3S. The molecule has 0 bridgehead atoms. The topological polar surface area (TPSA) is 79.3 Å². The molecule has 0 aliphatic carbocycles. The third-order valence-corrected chi connectivity index (χ3v) is 3.27. The maximum absolute atomic E-state index is 11.1. The van der Waals surface area contributed by atoms with E-state index in [-0.39, 0.29) is 5.69 Å². The van der Waals surface area contributed by atoms with E-state index in [9.17, 15) is 9.00 Å². The van der Waals surface area contributed by atoms with Gasteiger partial charge in [-0.25, -0.2) is 9.78 Å². The Bertz CT molecular complexity index is 378. The number of aromatic carboxylic acids is 1. The zero-order chi connectivity index (χ0) is 12.0. The summed E-state index contributed by atoms with van der Waals surface area (Å²) in [7, 11) is -0.789. The van der Waals surface area contributed by atoms with Crippen LogP contribution in [0.2, 0.25) is 0 Å². The second-order valence-electron chi connectivity index (χ2n) is 3.10. The highest BCUT2D eigenvalue weighted by atomic mass is 32.2. The SMILES string of the molecule is CCS(=O)CCNc1ccc(C(=O)O)nc1. The Labute approximate surface area is 96.4 Å². The lowest BCUT2D eigenvalue weighted by Gasteiger charge is -2.05. The zero-order valence-corrected chi connectivity index (χ0v) is 9.79. The van der Waals surface area contributed by atoms with Gasteiger partial charge in [-0.15, -0.1) is 0 Å². The van der Waals surface area contributed by atoms with Crippen molar-refractivity contribution < 1.29 is 14.1 Å². The van der Waals surface area contributed by atoms with Crippen LogP contribution in [0, 0.1) is 0 Å². The number of nitrogens with one attached hydrogen (secondary N) is 1. The van der Waals surface area contributed by atoms with E-state index >= 15 is 0 Å². The molecule has 0 fully saturated rings. The van der Waals surface area contributed by atoms with E-state index < -0.39 is 16.8 Å². The third-order valence-electron chi connectivity index (χ3n) is 1.96. The second-order valence-corrected chi connectivity index (χ2v) is 4.96. The van der Waals surface area contributed by atoms with Gasteiger partial charge in [0.05, 0.1) is 11.9 Å². The van der Waals surface area contributed by atoms with Crippen molar-refractivity contribution in [2.45, 2.75) is 6.92 Å². The summed E-state index contributed by atoms with van der Waals surface area (Å²) in [6.07, 6.45) is 1.46. The molecule has 88 valence electrons. The van der Waals surface area contributed by atoms with Crippen LogP contribution < -0.4 is 5.32 Å². The summed E-state index contributed by atoms with van der Waals surface area (Å²) in [5.41, 5.74) is 0.751. The third kappa shape index (κ3) is 3.98. The maximum atomic E-state index is 11.1. The molecule has 0 radical (unpaired) electrons. The minimum Gasteiger partial charge on any atom is -0.477 e.